The summed E-state index contributed by atoms with van der Waals surface area (Å²) in [5.74, 6) is -1.46. The van der Waals surface area contributed by atoms with Crippen LogP contribution in [0.5, 0.6) is 0 Å². The van der Waals surface area contributed by atoms with Crippen molar-refractivity contribution in [3.05, 3.63) is 76.9 Å². The number of carbonyl (C=O) groups is 3. The molecular formula is C28H29NO6. The molecule has 0 amide bonds. The van der Waals surface area contributed by atoms with Crippen LogP contribution < -0.4 is 0 Å². The molecule has 0 N–H and O–H groups in total. The first-order valence-corrected chi connectivity index (χ1v) is 11.7. The molecule has 0 unspecified atom stereocenters. The van der Waals surface area contributed by atoms with Gasteiger partial charge in [0, 0.05) is 11.1 Å². The molecule has 2 aromatic carbocycles. The molecule has 0 saturated heterocycles. The Morgan fingerprint density at radius 3 is 1.49 bits per heavy atom. The Morgan fingerprint density at radius 1 is 0.629 bits per heavy atom. The van der Waals surface area contributed by atoms with E-state index in [0.29, 0.717) is 22.5 Å². The van der Waals surface area contributed by atoms with Crippen molar-refractivity contribution < 1.29 is 28.6 Å². The standard InChI is InChI=1S/C28H29NO6/c1-5-18-12-19(14-21(13-18)26(30)33-6-2)24-10-9-11-25(29-24)20-15-22(27(31)34-7-3)17-23(16-20)28(32)35-8-4/h9-17H,5-8H2,1-4H3. The number of hydrogen-bond donors (Lipinski definition) is 0. The second kappa shape index (κ2) is 11.9. The van der Waals surface area contributed by atoms with E-state index in [2.05, 4.69) is 0 Å². The lowest BCUT2D eigenvalue weighted by Gasteiger charge is -2.11. The first-order chi connectivity index (χ1) is 16.9. The number of hydrogen-bond acceptors (Lipinski definition) is 7. The van der Waals surface area contributed by atoms with Crippen LogP contribution >= 0.6 is 0 Å². The van der Waals surface area contributed by atoms with Gasteiger partial charge in [0.15, 0.2) is 0 Å². The van der Waals surface area contributed by atoms with Gasteiger partial charge in [-0.05, 0) is 81.3 Å². The minimum absolute atomic E-state index is 0.210. The van der Waals surface area contributed by atoms with E-state index in [4.69, 9.17) is 19.2 Å². The molecule has 3 aromatic rings. The van der Waals surface area contributed by atoms with Gasteiger partial charge in [-0.2, -0.15) is 0 Å². The topological polar surface area (TPSA) is 91.8 Å². The van der Waals surface area contributed by atoms with Gasteiger partial charge in [0.05, 0.1) is 47.9 Å². The SMILES string of the molecule is CCOC(=O)c1cc(CC)cc(-c2cccc(-c3cc(C(=O)OCC)cc(C(=O)OCC)c3)n2)c1. The number of benzene rings is 2. The fourth-order valence-corrected chi connectivity index (χ4v) is 3.57. The normalized spacial score (nSPS) is 10.5. The average molecular weight is 476 g/mol. The van der Waals surface area contributed by atoms with Crippen molar-refractivity contribution >= 4 is 17.9 Å². The van der Waals surface area contributed by atoms with Crippen molar-refractivity contribution in [2.24, 2.45) is 0 Å². The summed E-state index contributed by atoms with van der Waals surface area (Å²) in [4.78, 5) is 42.0. The number of ether oxygens (including phenoxy) is 3. The summed E-state index contributed by atoms with van der Waals surface area (Å²) in [5, 5.41) is 0. The van der Waals surface area contributed by atoms with E-state index in [-0.39, 0.29) is 36.9 Å². The van der Waals surface area contributed by atoms with E-state index < -0.39 is 11.9 Å². The molecule has 0 bridgehead atoms. The van der Waals surface area contributed by atoms with Gasteiger partial charge in [-0.25, -0.2) is 19.4 Å². The fourth-order valence-electron chi connectivity index (χ4n) is 3.57. The summed E-state index contributed by atoms with van der Waals surface area (Å²) < 4.78 is 15.4. The van der Waals surface area contributed by atoms with Gasteiger partial charge in [0.1, 0.15) is 0 Å². The Labute approximate surface area is 205 Å². The summed E-state index contributed by atoms with van der Waals surface area (Å²) in [5.41, 5.74) is 4.43. The third-order valence-corrected chi connectivity index (χ3v) is 5.21. The summed E-state index contributed by atoms with van der Waals surface area (Å²) in [7, 11) is 0. The number of rotatable bonds is 9. The maximum Gasteiger partial charge on any atom is 0.338 e. The molecule has 0 spiro atoms. The second-order valence-electron chi connectivity index (χ2n) is 7.64. The highest BCUT2D eigenvalue weighted by atomic mass is 16.5. The Balaban J connectivity index is 2.10. The van der Waals surface area contributed by atoms with Gasteiger partial charge in [0.2, 0.25) is 0 Å². The van der Waals surface area contributed by atoms with Gasteiger partial charge in [0.25, 0.3) is 0 Å². The van der Waals surface area contributed by atoms with E-state index in [0.717, 1.165) is 17.5 Å². The number of esters is 3. The maximum atomic E-state index is 12.4. The Bertz CT molecular complexity index is 1200. The van der Waals surface area contributed by atoms with Crippen molar-refractivity contribution in [2.45, 2.75) is 34.1 Å². The lowest BCUT2D eigenvalue weighted by atomic mass is 10.00. The molecular weight excluding hydrogens is 446 g/mol. The second-order valence-corrected chi connectivity index (χ2v) is 7.64. The Hall–Kier alpha value is -4.00. The minimum Gasteiger partial charge on any atom is -0.462 e. The van der Waals surface area contributed by atoms with E-state index in [1.54, 1.807) is 45.0 Å². The molecule has 0 radical (unpaired) electrons. The largest absolute Gasteiger partial charge is 0.462 e. The van der Waals surface area contributed by atoms with Gasteiger partial charge in [-0.1, -0.05) is 13.0 Å². The van der Waals surface area contributed by atoms with Crippen molar-refractivity contribution in [1.82, 2.24) is 4.98 Å². The van der Waals surface area contributed by atoms with Gasteiger partial charge >= 0.3 is 17.9 Å². The average Bonchev–Trinajstić information content (AvgIpc) is 2.88. The molecule has 35 heavy (non-hydrogen) atoms. The molecule has 3 rings (SSSR count). The number of pyridine rings is 1. The monoisotopic (exact) mass is 475 g/mol. The lowest BCUT2D eigenvalue weighted by Crippen LogP contribution is -2.10. The smallest absolute Gasteiger partial charge is 0.338 e. The van der Waals surface area contributed by atoms with Crippen molar-refractivity contribution in [3.63, 3.8) is 0 Å². The van der Waals surface area contributed by atoms with E-state index in [1.807, 2.05) is 31.2 Å². The quantitative estimate of drug-likeness (QED) is 0.298. The highest BCUT2D eigenvalue weighted by Crippen LogP contribution is 2.27. The third kappa shape index (κ3) is 6.32. The van der Waals surface area contributed by atoms with E-state index in [1.165, 1.54) is 6.07 Å². The van der Waals surface area contributed by atoms with Crippen LogP contribution in [-0.2, 0) is 20.6 Å². The molecule has 7 heteroatoms. The molecule has 0 aliphatic carbocycles. The molecule has 182 valence electrons. The molecule has 0 saturated carbocycles. The van der Waals surface area contributed by atoms with Crippen LogP contribution in [0.1, 0.15) is 64.3 Å². The molecule has 7 nitrogen and oxygen atoms in total. The van der Waals surface area contributed by atoms with E-state index in [9.17, 15) is 14.4 Å². The number of nitrogens with zero attached hydrogens (tertiary/aromatic N) is 1. The summed E-state index contributed by atoms with van der Waals surface area (Å²) in [6, 6.07) is 15.8. The Kier molecular flexibility index (Phi) is 8.73. The van der Waals surface area contributed by atoms with Crippen molar-refractivity contribution in [3.8, 4) is 22.5 Å². The summed E-state index contributed by atoms with van der Waals surface area (Å²) in [6.07, 6.45) is 0.740. The van der Waals surface area contributed by atoms with Crippen molar-refractivity contribution in [2.75, 3.05) is 19.8 Å². The molecule has 1 heterocycles. The third-order valence-electron chi connectivity index (χ3n) is 5.21. The zero-order valence-corrected chi connectivity index (χ0v) is 20.4. The number of aromatic nitrogens is 1. The summed E-state index contributed by atoms with van der Waals surface area (Å²) in [6.45, 7) is 7.92. The molecule has 0 atom stereocenters. The minimum atomic E-state index is -0.536. The number of carbonyl (C=O) groups excluding carboxylic acids is 3. The molecule has 0 aliphatic heterocycles. The van der Waals surface area contributed by atoms with Crippen LogP contribution in [0.2, 0.25) is 0 Å². The first-order valence-electron chi connectivity index (χ1n) is 11.7. The first kappa shape index (κ1) is 25.6. The van der Waals surface area contributed by atoms with Crippen LogP contribution in [0, 0.1) is 0 Å². The van der Waals surface area contributed by atoms with Crippen LogP contribution in [0.3, 0.4) is 0 Å². The van der Waals surface area contributed by atoms with Crippen LogP contribution in [-0.4, -0.2) is 42.7 Å². The highest BCUT2D eigenvalue weighted by molar-refractivity contribution is 5.97. The van der Waals surface area contributed by atoms with Crippen molar-refractivity contribution in [1.29, 1.82) is 0 Å². The zero-order valence-electron chi connectivity index (χ0n) is 20.4. The lowest BCUT2D eigenvalue weighted by molar-refractivity contribution is 0.0512. The molecule has 0 fully saturated rings. The molecule has 0 aliphatic rings. The van der Waals surface area contributed by atoms with Crippen LogP contribution in [0.15, 0.2) is 54.6 Å². The highest BCUT2D eigenvalue weighted by Gasteiger charge is 2.17. The van der Waals surface area contributed by atoms with E-state index >= 15 is 0 Å². The Morgan fingerprint density at radius 2 is 1.06 bits per heavy atom. The predicted molar refractivity (Wildman–Crippen MR) is 132 cm³/mol. The number of aryl methyl sites for hydroxylation is 1. The van der Waals surface area contributed by atoms with Gasteiger partial charge < -0.3 is 14.2 Å². The van der Waals surface area contributed by atoms with Gasteiger partial charge in [-0.15, -0.1) is 0 Å². The van der Waals surface area contributed by atoms with Crippen LogP contribution in [0.25, 0.3) is 22.5 Å². The molecule has 1 aromatic heterocycles. The zero-order chi connectivity index (χ0) is 25.4. The van der Waals surface area contributed by atoms with Gasteiger partial charge in [-0.3, -0.25) is 0 Å². The predicted octanol–water partition coefficient (Wildman–Crippen LogP) is 5.51. The maximum absolute atomic E-state index is 12.4. The fraction of sp³-hybridized carbons (Fsp3) is 0.286. The van der Waals surface area contributed by atoms with Crippen LogP contribution in [0.4, 0.5) is 0 Å². The summed E-state index contributed by atoms with van der Waals surface area (Å²) >= 11 is 0.